The van der Waals surface area contributed by atoms with Crippen molar-refractivity contribution in [3.63, 3.8) is 0 Å². The van der Waals surface area contributed by atoms with E-state index in [1.165, 1.54) is 37.4 Å². The Morgan fingerprint density at radius 2 is 2.09 bits per heavy atom. The largest absolute Gasteiger partial charge is 0.494 e. The van der Waals surface area contributed by atoms with Gasteiger partial charge in [-0.15, -0.1) is 0 Å². The maximum Gasteiger partial charge on any atom is 0.289 e. The molecule has 0 unspecified atom stereocenters. The fraction of sp³-hybridized carbons (Fsp3) is 0.133. The number of hydrogen-bond acceptors (Lipinski definition) is 5. The number of ketones is 1. The van der Waals surface area contributed by atoms with Crippen molar-refractivity contribution in [3.05, 3.63) is 62.9 Å². The fourth-order valence-corrected chi connectivity index (χ4v) is 2.07. The highest BCUT2D eigenvalue weighted by Gasteiger charge is 2.14. The minimum Gasteiger partial charge on any atom is -0.494 e. The molecule has 0 amide bonds. The van der Waals surface area contributed by atoms with E-state index in [0.717, 1.165) is 6.07 Å². The van der Waals surface area contributed by atoms with Gasteiger partial charge in [-0.05, 0) is 30.3 Å². The molecule has 0 aliphatic rings. The molecule has 23 heavy (non-hydrogen) atoms. The molecule has 0 fully saturated rings. The van der Waals surface area contributed by atoms with Gasteiger partial charge in [0.05, 0.1) is 18.6 Å². The van der Waals surface area contributed by atoms with Gasteiger partial charge in [-0.2, -0.15) is 0 Å². The summed E-state index contributed by atoms with van der Waals surface area (Å²) < 4.78 is 18.4. The third-order valence-corrected chi connectivity index (χ3v) is 3.39. The Morgan fingerprint density at radius 3 is 2.70 bits per heavy atom. The molecule has 2 aromatic rings. The maximum atomic E-state index is 13.6. The lowest BCUT2D eigenvalue weighted by Gasteiger charge is -2.07. The van der Waals surface area contributed by atoms with Crippen LogP contribution in [0.25, 0.3) is 0 Å². The standard InChI is InChI=1S/C15H12ClFN2O4/c1-23-15-5-2-9(6-12(15)17)14(20)8-18-10-3-4-11(16)13(7-10)19(21)22/h2-7,18H,8H2,1H3. The Labute approximate surface area is 136 Å². The van der Waals surface area contributed by atoms with Crippen LogP contribution in [-0.2, 0) is 0 Å². The number of rotatable bonds is 6. The lowest BCUT2D eigenvalue weighted by Crippen LogP contribution is -2.14. The van der Waals surface area contributed by atoms with E-state index in [1.807, 2.05) is 0 Å². The van der Waals surface area contributed by atoms with Crippen molar-refractivity contribution in [1.29, 1.82) is 0 Å². The van der Waals surface area contributed by atoms with Crippen LogP contribution in [0.5, 0.6) is 5.75 Å². The van der Waals surface area contributed by atoms with Crippen LogP contribution >= 0.6 is 11.6 Å². The van der Waals surface area contributed by atoms with Gasteiger partial charge in [0.25, 0.3) is 5.69 Å². The van der Waals surface area contributed by atoms with Crippen LogP contribution in [-0.4, -0.2) is 24.4 Å². The molecule has 120 valence electrons. The van der Waals surface area contributed by atoms with Crippen LogP contribution < -0.4 is 10.1 Å². The molecule has 0 aliphatic heterocycles. The number of hydrogen-bond donors (Lipinski definition) is 1. The minimum absolute atomic E-state index is 0.00380. The predicted octanol–water partition coefficient (Wildman–Crippen LogP) is 3.69. The molecular formula is C15H12ClFN2O4. The summed E-state index contributed by atoms with van der Waals surface area (Å²) in [5.41, 5.74) is 0.266. The van der Waals surface area contributed by atoms with Crippen molar-refractivity contribution < 1.29 is 18.8 Å². The van der Waals surface area contributed by atoms with Crippen molar-refractivity contribution in [2.24, 2.45) is 0 Å². The number of nitrogens with zero attached hydrogens (tertiary/aromatic N) is 1. The van der Waals surface area contributed by atoms with Crippen molar-refractivity contribution >= 4 is 28.8 Å². The normalized spacial score (nSPS) is 10.2. The van der Waals surface area contributed by atoms with Crippen molar-refractivity contribution in [2.45, 2.75) is 0 Å². The third-order valence-electron chi connectivity index (χ3n) is 3.07. The van der Waals surface area contributed by atoms with Gasteiger partial charge in [0, 0.05) is 17.3 Å². The van der Waals surface area contributed by atoms with Gasteiger partial charge in [0.1, 0.15) is 5.02 Å². The summed E-state index contributed by atoms with van der Waals surface area (Å²) in [7, 11) is 1.33. The first-order valence-corrected chi connectivity index (χ1v) is 6.84. The van der Waals surface area contributed by atoms with E-state index >= 15 is 0 Å². The molecule has 0 radical (unpaired) electrons. The zero-order chi connectivity index (χ0) is 17.0. The fourth-order valence-electron chi connectivity index (χ4n) is 1.89. The second-order valence-electron chi connectivity index (χ2n) is 4.55. The first-order valence-electron chi connectivity index (χ1n) is 6.47. The van der Waals surface area contributed by atoms with Gasteiger partial charge in [-0.1, -0.05) is 11.6 Å². The van der Waals surface area contributed by atoms with Gasteiger partial charge >= 0.3 is 0 Å². The number of anilines is 1. The zero-order valence-electron chi connectivity index (χ0n) is 12.0. The Kier molecular flexibility index (Phi) is 5.13. The molecule has 0 heterocycles. The highest BCUT2D eigenvalue weighted by molar-refractivity contribution is 6.32. The van der Waals surface area contributed by atoms with Gasteiger partial charge in [0.15, 0.2) is 17.3 Å². The van der Waals surface area contributed by atoms with Gasteiger partial charge in [-0.25, -0.2) is 4.39 Å². The molecule has 1 N–H and O–H groups in total. The summed E-state index contributed by atoms with van der Waals surface area (Å²) in [5.74, 6) is -0.965. The maximum absolute atomic E-state index is 13.6. The molecule has 0 aliphatic carbocycles. The summed E-state index contributed by atoms with van der Waals surface area (Å²) in [6, 6.07) is 7.97. The Bertz CT molecular complexity index is 767. The number of nitro groups is 1. The number of methoxy groups -OCH3 is 1. The number of ether oxygens (including phenoxy) is 1. The summed E-state index contributed by atoms with van der Waals surface area (Å²) in [5, 5.41) is 13.6. The SMILES string of the molecule is COc1ccc(C(=O)CNc2ccc(Cl)c([N+](=O)[O-])c2)cc1F. The molecule has 0 spiro atoms. The molecule has 0 aromatic heterocycles. The van der Waals surface area contributed by atoms with E-state index in [0.29, 0.717) is 5.69 Å². The monoisotopic (exact) mass is 338 g/mol. The Hall–Kier alpha value is -2.67. The number of benzene rings is 2. The second kappa shape index (κ2) is 7.06. The average Bonchev–Trinajstić information content (AvgIpc) is 2.53. The van der Waals surface area contributed by atoms with E-state index in [2.05, 4.69) is 5.32 Å². The Morgan fingerprint density at radius 1 is 1.35 bits per heavy atom. The molecule has 0 atom stereocenters. The number of carbonyl (C=O) groups excluding carboxylic acids is 1. The average molecular weight is 339 g/mol. The number of halogens is 2. The van der Waals surface area contributed by atoms with Crippen LogP contribution in [0.3, 0.4) is 0 Å². The van der Waals surface area contributed by atoms with E-state index in [4.69, 9.17) is 16.3 Å². The third kappa shape index (κ3) is 3.95. The number of Topliss-reactive ketones (excluding diaryl/α,β-unsaturated/α-hetero) is 1. The van der Waals surface area contributed by atoms with Gasteiger partial charge in [-0.3, -0.25) is 14.9 Å². The number of nitrogens with one attached hydrogen (secondary N) is 1. The molecule has 8 heteroatoms. The topological polar surface area (TPSA) is 81.5 Å². The molecule has 2 aromatic carbocycles. The van der Waals surface area contributed by atoms with Crippen LogP contribution in [0.4, 0.5) is 15.8 Å². The molecule has 6 nitrogen and oxygen atoms in total. The predicted molar refractivity (Wildman–Crippen MR) is 83.9 cm³/mol. The molecule has 2 rings (SSSR count). The summed E-state index contributed by atoms with van der Waals surface area (Å²) in [6.45, 7) is -0.148. The summed E-state index contributed by atoms with van der Waals surface area (Å²) in [4.78, 5) is 22.2. The minimum atomic E-state index is -0.638. The van der Waals surface area contributed by atoms with Crippen molar-refractivity contribution in [1.82, 2.24) is 0 Å². The first kappa shape index (κ1) is 16.7. The Balaban J connectivity index is 2.09. The van der Waals surface area contributed by atoms with E-state index in [9.17, 15) is 19.3 Å². The van der Waals surface area contributed by atoms with Crippen molar-refractivity contribution in [2.75, 3.05) is 19.0 Å². The van der Waals surface area contributed by atoms with Crippen LogP contribution in [0.2, 0.25) is 5.02 Å². The summed E-state index contributed by atoms with van der Waals surface area (Å²) >= 11 is 5.71. The smallest absolute Gasteiger partial charge is 0.289 e. The van der Waals surface area contributed by atoms with E-state index in [1.54, 1.807) is 0 Å². The molecule has 0 saturated heterocycles. The quantitative estimate of drug-likeness (QED) is 0.493. The summed E-state index contributed by atoms with van der Waals surface area (Å²) in [6.07, 6.45) is 0. The van der Waals surface area contributed by atoms with Gasteiger partial charge < -0.3 is 10.1 Å². The van der Waals surface area contributed by atoms with E-state index in [-0.39, 0.29) is 34.4 Å². The van der Waals surface area contributed by atoms with E-state index < -0.39 is 10.7 Å². The molecular weight excluding hydrogens is 327 g/mol. The van der Waals surface area contributed by atoms with Crippen molar-refractivity contribution in [3.8, 4) is 5.75 Å². The lowest BCUT2D eigenvalue weighted by molar-refractivity contribution is -0.384. The lowest BCUT2D eigenvalue weighted by atomic mass is 10.1. The molecule has 0 bridgehead atoms. The highest BCUT2D eigenvalue weighted by atomic mass is 35.5. The zero-order valence-corrected chi connectivity index (χ0v) is 12.8. The first-order chi connectivity index (χ1) is 10.9. The van der Waals surface area contributed by atoms with Gasteiger partial charge in [0.2, 0.25) is 0 Å². The van der Waals surface area contributed by atoms with Crippen LogP contribution in [0.15, 0.2) is 36.4 Å². The van der Waals surface area contributed by atoms with Crippen LogP contribution in [0.1, 0.15) is 10.4 Å². The highest BCUT2D eigenvalue weighted by Crippen LogP contribution is 2.27. The number of carbonyl (C=O) groups is 1. The molecule has 0 saturated carbocycles. The second-order valence-corrected chi connectivity index (χ2v) is 4.96. The van der Waals surface area contributed by atoms with Crippen LogP contribution in [0, 0.1) is 15.9 Å². The number of nitro benzene ring substituents is 1.